The second kappa shape index (κ2) is 8.48. The summed E-state index contributed by atoms with van der Waals surface area (Å²) in [6, 6.07) is 10.7. The summed E-state index contributed by atoms with van der Waals surface area (Å²) in [6.07, 6.45) is 4.54. The third kappa shape index (κ3) is 3.94. The number of aromatic nitrogens is 2. The maximum absolute atomic E-state index is 14.2. The van der Waals surface area contributed by atoms with Gasteiger partial charge in [-0.2, -0.15) is 15.5 Å². The number of hydrogen-bond donors (Lipinski definition) is 0. The average molecular weight is 419 g/mol. The Hall–Kier alpha value is -3.86. The van der Waals surface area contributed by atoms with Gasteiger partial charge in [0.05, 0.1) is 29.4 Å². The van der Waals surface area contributed by atoms with Gasteiger partial charge in [0.15, 0.2) is 11.6 Å². The molecular weight excluding hydrogens is 400 g/mol. The molecule has 1 aliphatic heterocycles. The van der Waals surface area contributed by atoms with Gasteiger partial charge in [0.1, 0.15) is 0 Å². The average Bonchev–Trinajstić information content (AvgIpc) is 3.42. The summed E-state index contributed by atoms with van der Waals surface area (Å²) in [7, 11) is 0. The molecule has 6 nitrogen and oxygen atoms in total. The Morgan fingerprint density at radius 3 is 2.94 bits per heavy atom. The van der Waals surface area contributed by atoms with Gasteiger partial charge in [-0.1, -0.05) is 18.7 Å². The molecule has 31 heavy (non-hydrogen) atoms. The molecule has 156 valence electrons. The van der Waals surface area contributed by atoms with Crippen molar-refractivity contribution in [3.63, 3.8) is 0 Å². The van der Waals surface area contributed by atoms with E-state index in [9.17, 15) is 13.6 Å². The molecule has 0 spiro atoms. The van der Waals surface area contributed by atoms with E-state index in [0.717, 1.165) is 17.0 Å². The molecule has 0 bridgehead atoms. The lowest BCUT2D eigenvalue weighted by atomic mass is 10.0. The highest BCUT2D eigenvalue weighted by Crippen LogP contribution is 2.32. The van der Waals surface area contributed by atoms with Crippen molar-refractivity contribution in [2.24, 2.45) is 5.10 Å². The number of aryl methyl sites for hydroxylation is 1. The Morgan fingerprint density at radius 1 is 1.29 bits per heavy atom. The number of fused-ring (bicyclic) bond motifs is 1. The number of benzene rings is 2. The van der Waals surface area contributed by atoms with Gasteiger partial charge in [0.25, 0.3) is 5.91 Å². The second-order valence-electron chi connectivity index (χ2n) is 7.30. The van der Waals surface area contributed by atoms with Crippen molar-refractivity contribution in [2.75, 3.05) is 0 Å². The van der Waals surface area contributed by atoms with E-state index in [4.69, 9.17) is 5.26 Å². The highest BCUT2D eigenvalue weighted by Gasteiger charge is 2.31. The first kappa shape index (κ1) is 20.4. The number of nitriles is 1. The number of carbonyl (C=O) groups is 1. The Morgan fingerprint density at radius 2 is 2.13 bits per heavy atom. The van der Waals surface area contributed by atoms with Crippen LogP contribution in [0.5, 0.6) is 0 Å². The minimum Gasteiger partial charge on any atom is -0.268 e. The lowest BCUT2D eigenvalue weighted by Gasteiger charge is -2.23. The molecule has 0 aliphatic carbocycles. The predicted octanol–water partition coefficient (Wildman–Crippen LogP) is 4.48. The fraction of sp³-hybridized carbons (Fsp3) is 0.217. The van der Waals surface area contributed by atoms with Gasteiger partial charge in [-0.25, -0.2) is 13.8 Å². The normalized spacial score (nSPS) is 15.4. The van der Waals surface area contributed by atoms with E-state index in [1.54, 1.807) is 18.3 Å². The summed E-state index contributed by atoms with van der Waals surface area (Å²) >= 11 is 0. The number of hydrogen-bond acceptors (Lipinski definition) is 4. The number of carbonyl (C=O) groups excluding carboxylic acids is 1. The SMILES string of the molecule is C=C(CCCn1ncc2cc(C#N)ccc21)C(=O)N1N=CCC1c1cccc(F)c1F. The van der Waals surface area contributed by atoms with Crippen LogP contribution < -0.4 is 0 Å². The Kier molecular flexibility index (Phi) is 5.58. The lowest BCUT2D eigenvalue weighted by molar-refractivity contribution is -0.129. The maximum Gasteiger partial charge on any atom is 0.269 e. The van der Waals surface area contributed by atoms with Crippen molar-refractivity contribution in [2.45, 2.75) is 31.8 Å². The van der Waals surface area contributed by atoms with Gasteiger partial charge in [-0.15, -0.1) is 0 Å². The van der Waals surface area contributed by atoms with Gasteiger partial charge < -0.3 is 0 Å². The maximum atomic E-state index is 14.2. The Balaban J connectivity index is 1.40. The number of amides is 1. The van der Waals surface area contributed by atoms with Crippen LogP contribution in [0.15, 0.2) is 59.8 Å². The second-order valence-corrected chi connectivity index (χ2v) is 7.30. The summed E-state index contributed by atoms with van der Waals surface area (Å²) in [6.45, 7) is 4.43. The number of halogens is 2. The van der Waals surface area contributed by atoms with E-state index in [-0.39, 0.29) is 5.56 Å². The standard InChI is InChI=1S/C23H19F2N5O/c1-15(4-3-11-29-20-8-7-16(13-26)12-17(20)14-28-29)23(31)30-21(9-10-27-30)18-5-2-6-19(24)22(18)25/h2,5-8,10,12,14,21H,1,3-4,9,11H2. The molecule has 0 saturated heterocycles. The smallest absolute Gasteiger partial charge is 0.268 e. The first-order valence-corrected chi connectivity index (χ1v) is 9.83. The first-order valence-electron chi connectivity index (χ1n) is 9.83. The lowest BCUT2D eigenvalue weighted by Crippen LogP contribution is -2.29. The Bertz CT molecular complexity index is 1240. The molecule has 2 heterocycles. The molecule has 1 unspecified atom stereocenters. The quantitative estimate of drug-likeness (QED) is 0.553. The molecule has 8 heteroatoms. The summed E-state index contributed by atoms with van der Waals surface area (Å²) in [5, 5.41) is 19.5. The van der Waals surface area contributed by atoms with Crippen LogP contribution >= 0.6 is 0 Å². The van der Waals surface area contributed by atoms with Gasteiger partial charge in [-0.3, -0.25) is 9.48 Å². The molecule has 1 atom stereocenters. The molecule has 1 aliphatic rings. The van der Waals surface area contributed by atoms with E-state index in [1.165, 1.54) is 23.4 Å². The summed E-state index contributed by atoms with van der Waals surface area (Å²) in [5.41, 5.74) is 1.91. The molecule has 0 radical (unpaired) electrons. The zero-order valence-corrected chi connectivity index (χ0v) is 16.6. The fourth-order valence-corrected chi connectivity index (χ4v) is 3.69. The highest BCUT2D eigenvalue weighted by atomic mass is 19.2. The summed E-state index contributed by atoms with van der Waals surface area (Å²) in [4.78, 5) is 12.8. The fourth-order valence-electron chi connectivity index (χ4n) is 3.69. The summed E-state index contributed by atoms with van der Waals surface area (Å²) in [5.74, 6) is -2.33. The van der Waals surface area contributed by atoms with Crippen molar-refractivity contribution < 1.29 is 13.6 Å². The predicted molar refractivity (Wildman–Crippen MR) is 112 cm³/mol. The van der Waals surface area contributed by atoms with Gasteiger partial charge in [-0.05, 0) is 37.1 Å². The molecule has 1 aromatic heterocycles. The van der Waals surface area contributed by atoms with Crippen LogP contribution in [0.1, 0.15) is 36.4 Å². The third-order valence-corrected chi connectivity index (χ3v) is 5.30. The van der Waals surface area contributed by atoms with Crippen LogP contribution in [0.25, 0.3) is 10.9 Å². The molecule has 1 amide bonds. The van der Waals surface area contributed by atoms with E-state index < -0.39 is 23.6 Å². The van der Waals surface area contributed by atoms with Gasteiger partial charge >= 0.3 is 0 Å². The highest BCUT2D eigenvalue weighted by molar-refractivity contribution is 5.94. The van der Waals surface area contributed by atoms with Gasteiger partial charge in [0.2, 0.25) is 0 Å². The van der Waals surface area contributed by atoms with Gasteiger partial charge in [0, 0.05) is 35.7 Å². The van der Waals surface area contributed by atoms with E-state index in [1.807, 2.05) is 10.7 Å². The van der Waals surface area contributed by atoms with Crippen molar-refractivity contribution >= 4 is 23.0 Å². The summed E-state index contributed by atoms with van der Waals surface area (Å²) < 4.78 is 29.6. The van der Waals surface area contributed by atoms with Crippen LogP contribution in [0.4, 0.5) is 8.78 Å². The van der Waals surface area contributed by atoms with Crippen molar-refractivity contribution in [3.05, 3.63) is 77.5 Å². The zero-order chi connectivity index (χ0) is 22.0. The monoisotopic (exact) mass is 419 g/mol. The number of hydrazone groups is 1. The van der Waals surface area contributed by atoms with Crippen molar-refractivity contribution in [1.29, 1.82) is 5.26 Å². The molecule has 0 fully saturated rings. The van der Waals surface area contributed by atoms with E-state index in [2.05, 4.69) is 22.8 Å². The van der Waals surface area contributed by atoms with Crippen LogP contribution in [0.2, 0.25) is 0 Å². The van der Waals surface area contributed by atoms with Crippen molar-refractivity contribution in [3.8, 4) is 6.07 Å². The first-order chi connectivity index (χ1) is 15.0. The van der Waals surface area contributed by atoms with Crippen LogP contribution in [-0.4, -0.2) is 26.9 Å². The molecule has 2 aromatic carbocycles. The molecule has 0 saturated carbocycles. The Labute approximate surface area is 177 Å². The molecule has 4 rings (SSSR count). The minimum atomic E-state index is -0.966. The number of rotatable bonds is 6. The van der Waals surface area contributed by atoms with E-state index >= 15 is 0 Å². The zero-order valence-electron chi connectivity index (χ0n) is 16.6. The molecule has 3 aromatic rings. The van der Waals surface area contributed by atoms with E-state index in [0.29, 0.717) is 36.9 Å². The van der Waals surface area contributed by atoms with Crippen LogP contribution in [-0.2, 0) is 11.3 Å². The molecular formula is C23H19F2N5O. The van der Waals surface area contributed by atoms with Crippen LogP contribution in [0.3, 0.4) is 0 Å². The topological polar surface area (TPSA) is 74.3 Å². The van der Waals surface area contributed by atoms with Crippen LogP contribution in [0, 0.1) is 23.0 Å². The third-order valence-electron chi connectivity index (χ3n) is 5.30. The minimum absolute atomic E-state index is 0.0957. The largest absolute Gasteiger partial charge is 0.269 e. The number of nitrogens with zero attached hydrogens (tertiary/aromatic N) is 5. The molecule has 0 N–H and O–H groups in total. The van der Waals surface area contributed by atoms with Crippen molar-refractivity contribution in [1.82, 2.24) is 14.8 Å².